The first kappa shape index (κ1) is 10.4. The molecule has 4 unspecified atom stereocenters. The topological polar surface area (TPSA) is 50.9 Å². The maximum absolute atomic E-state index is 5.68. The van der Waals surface area contributed by atoms with Gasteiger partial charge in [0.1, 0.15) is 5.00 Å². The SMILES string of the molecule is CC(Nc1ncc(N)s1)C1CC2CCC1C2. The van der Waals surface area contributed by atoms with Crippen molar-refractivity contribution in [2.45, 2.75) is 38.6 Å². The van der Waals surface area contributed by atoms with Crippen molar-refractivity contribution in [3.8, 4) is 0 Å². The van der Waals surface area contributed by atoms with Crippen molar-refractivity contribution in [2.75, 3.05) is 11.1 Å². The standard InChI is InChI=1S/C12H19N3S/c1-7(15-12-14-6-11(13)16-12)10-5-8-2-3-9(10)4-8/h6-10H,2-5,13H2,1H3,(H,14,15). The van der Waals surface area contributed by atoms with Crippen LogP contribution in [-0.2, 0) is 0 Å². The summed E-state index contributed by atoms with van der Waals surface area (Å²) in [5.41, 5.74) is 5.68. The number of hydrogen-bond acceptors (Lipinski definition) is 4. The summed E-state index contributed by atoms with van der Waals surface area (Å²) in [6.45, 7) is 2.29. The summed E-state index contributed by atoms with van der Waals surface area (Å²) in [5.74, 6) is 2.83. The number of thiazole rings is 1. The summed E-state index contributed by atoms with van der Waals surface area (Å²) >= 11 is 1.55. The molecule has 0 radical (unpaired) electrons. The van der Waals surface area contributed by atoms with Crippen molar-refractivity contribution in [1.82, 2.24) is 4.98 Å². The number of nitrogens with zero attached hydrogens (tertiary/aromatic N) is 1. The minimum atomic E-state index is 0.542. The number of aromatic nitrogens is 1. The predicted molar refractivity (Wildman–Crippen MR) is 68.5 cm³/mol. The molecule has 0 spiro atoms. The molecule has 2 saturated carbocycles. The lowest BCUT2D eigenvalue weighted by Crippen LogP contribution is -2.29. The van der Waals surface area contributed by atoms with E-state index in [0.717, 1.165) is 27.9 Å². The van der Waals surface area contributed by atoms with Crippen LogP contribution in [0.5, 0.6) is 0 Å². The number of nitrogen functional groups attached to an aromatic ring is 1. The minimum Gasteiger partial charge on any atom is -0.389 e. The zero-order chi connectivity index (χ0) is 11.1. The number of hydrogen-bond donors (Lipinski definition) is 2. The average Bonchev–Trinajstić information content (AvgIpc) is 2.93. The van der Waals surface area contributed by atoms with Crippen LogP contribution in [0.15, 0.2) is 6.20 Å². The van der Waals surface area contributed by atoms with Crippen molar-refractivity contribution in [3.63, 3.8) is 0 Å². The zero-order valence-electron chi connectivity index (χ0n) is 9.65. The van der Waals surface area contributed by atoms with Gasteiger partial charge in [0, 0.05) is 6.04 Å². The normalized spacial score (nSPS) is 34.2. The van der Waals surface area contributed by atoms with Gasteiger partial charge < -0.3 is 11.1 Å². The monoisotopic (exact) mass is 237 g/mol. The lowest BCUT2D eigenvalue weighted by atomic mass is 9.84. The van der Waals surface area contributed by atoms with Crippen molar-refractivity contribution < 1.29 is 0 Å². The van der Waals surface area contributed by atoms with Crippen molar-refractivity contribution >= 4 is 21.5 Å². The van der Waals surface area contributed by atoms with E-state index in [0.29, 0.717) is 6.04 Å². The molecule has 16 heavy (non-hydrogen) atoms. The first-order valence-corrected chi connectivity index (χ1v) is 7.02. The summed E-state index contributed by atoms with van der Waals surface area (Å²) in [6.07, 6.45) is 7.54. The van der Waals surface area contributed by atoms with Crippen molar-refractivity contribution in [1.29, 1.82) is 0 Å². The van der Waals surface area contributed by atoms with Crippen LogP contribution < -0.4 is 11.1 Å². The van der Waals surface area contributed by atoms with Crippen LogP contribution in [-0.4, -0.2) is 11.0 Å². The quantitative estimate of drug-likeness (QED) is 0.849. The van der Waals surface area contributed by atoms with E-state index in [1.54, 1.807) is 17.5 Å². The summed E-state index contributed by atoms with van der Waals surface area (Å²) in [4.78, 5) is 4.27. The van der Waals surface area contributed by atoms with Gasteiger partial charge in [0.25, 0.3) is 0 Å². The van der Waals surface area contributed by atoms with Crippen LogP contribution in [0, 0.1) is 17.8 Å². The lowest BCUT2D eigenvalue weighted by Gasteiger charge is -2.28. The summed E-state index contributed by atoms with van der Waals surface area (Å²) < 4.78 is 0. The first-order chi connectivity index (χ1) is 7.72. The van der Waals surface area contributed by atoms with E-state index in [2.05, 4.69) is 17.2 Å². The molecule has 3 nitrogen and oxygen atoms in total. The molecule has 4 atom stereocenters. The largest absolute Gasteiger partial charge is 0.389 e. The van der Waals surface area contributed by atoms with E-state index in [9.17, 15) is 0 Å². The van der Waals surface area contributed by atoms with E-state index in [1.165, 1.54) is 25.7 Å². The molecule has 0 aromatic carbocycles. The smallest absolute Gasteiger partial charge is 0.184 e. The van der Waals surface area contributed by atoms with Gasteiger partial charge in [-0.25, -0.2) is 4.98 Å². The zero-order valence-corrected chi connectivity index (χ0v) is 10.5. The van der Waals surface area contributed by atoms with Gasteiger partial charge in [-0.3, -0.25) is 0 Å². The summed E-state index contributed by atoms with van der Waals surface area (Å²) in [7, 11) is 0. The van der Waals surface area contributed by atoms with Crippen molar-refractivity contribution in [3.05, 3.63) is 6.20 Å². The highest BCUT2D eigenvalue weighted by Gasteiger charge is 2.41. The van der Waals surface area contributed by atoms with Crippen LogP contribution in [0.1, 0.15) is 32.6 Å². The fraction of sp³-hybridized carbons (Fsp3) is 0.750. The van der Waals surface area contributed by atoms with Crippen LogP contribution >= 0.6 is 11.3 Å². The van der Waals surface area contributed by atoms with Crippen LogP contribution in [0.2, 0.25) is 0 Å². The second-order valence-corrected chi connectivity index (χ2v) is 6.40. The molecule has 0 aliphatic heterocycles. The maximum atomic E-state index is 5.68. The number of nitrogens with two attached hydrogens (primary N) is 1. The summed E-state index contributed by atoms with van der Waals surface area (Å²) in [6, 6.07) is 0.542. The molecule has 3 rings (SSSR count). The third-order valence-corrected chi connectivity index (χ3v) is 5.07. The first-order valence-electron chi connectivity index (χ1n) is 6.20. The third-order valence-electron chi connectivity index (χ3n) is 4.31. The minimum absolute atomic E-state index is 0.542. The highest BCUT2D eigenvalue weighted by molar-refractivity contribution is 7.19. The van der Waals surface area contributed by atoms with E-state index in [-0.39, 0.29) is 0 Å². The number of fused-ring (bicyclic) bond motifs is 2. The van der Waals surface area contributed by atoms with Gasteiger partial charge >= 0.3 is 0 Å². The molecule has 1 aromatic rings. The Morgan fingerprint density at radius 2 is 2.38 bits per heavy atom. The molecule has 2 bridgehead atoms. The number of anilines is 2. The Bertz CT molecular complexity index is 376. The molecule has 2 aliphatic carbocycles. The van der Waals surface area contributed by atoms with Crippen LogP contribution in [0.4, 0.5) is 10.1 Å². The second kappa shape index (κ2) is 3.91. The highest BCUT2D eigenvalue weighted by Crippen LogP contribution is 2.49. The van der Waals surface area contributed by atoms with Gasteiger partial charge in [0.05, 0.1) is 6.20 Å². The Hall–Kier alpha value is -0.770. The maximum Gasteiger partial charge on any atom is 0.184 e. The van der Waals surface area contributed by atoms with Gasteiger partial charge in [0.2, 0.25) is 0 Å². The molecule has 2 fully saturated rings. The molecule has 1 heterocycles. The average molecular weight is 237 g/mol. The predicted octanol–water partition coefficient (Wildman–Crippen LogP) is 2.96. The van der Waals surface area contributed by atoms with E-state index >= 15 is 0 Å². The van der Waals surface area contributed by atoms with Crippen LogP contribution in [0.3, 0.4) is 0 Å². The molecule has 0 saturated heterocycles. The second-order valence-electron chi connectivity index (χ2n) is 5.34. The van der Waals surface area contributed by atoms with Gasteiger partial charge in [-0.05, 0) is 43.9 Å². The Morgan fingerprint density at radius 1 is 1.50 bits per heavy atom. The molecule has 2 aliphatic rings. The molecular weight excluding hydrogens is 218 g/mol. The summed E-state index contributed by atoms with van der Waals surface area (Å²) in [5, 5.41) is 5.29. The molecular formula is C12H19N3S. The Balaban J connectivity index is 1.63. The van der Waals surface area contributed by atoms with Gasteiger partial charge in [-0.2, -0.15) is 0 Å². The molecule has 1 aromatic heterocycles. The fourth-order valence-corrected chi connectivity index (χ4v) is 4.24. The fourth-order valence-electron chi connectivity index (χ4n) is 3.56. The van der Waals surface area contributed by atoms with Gasteiger partial charge in [-0.15, -0.1) is 0 Å². The molecule has 88 valence electrons. The van der Waals surface area contributed by atoms with Crippen molar-refractivity contribution in [2.24, 2.45) is 17.8 Å². The van der Waals surface area contributed by atoms with E-state index in [4.69, 9.17) is 5.73 Å². The Kier molecular flexibility index (Phi) is 2.54. The van der Waals surface area contributed by atoms with Crippen LogP contribution in [0.25, 0.3) is 0 Å². The molecule has 0 amide bonds. The third kappa shape index (κ3) is 1.79. The molecule has 3 N–H and O–H groups in total. The van der Waals surface area contributed by atoms with E-state index < -0.39 is 0 Å². The number of nitrogens with one attached hydrogen (secondary N) is 1. The molecule has 4 heteroatoms. The van der Waals surface area contributed by atoms with E-state index in [1.807, 2.05) is 0 Å². The highest BCUT2D eigenvalue weighted by atomic mass is 32.1. The Morgan fingerprint density at radius 3 is 2.94 bits per heavy atom. The Labute approximate surface area is 100 Å². The van der Waals surface area contributed by atoms with Gasteiger partial charge in [0.15, 0.2) is 5.13 Å². The van der Waals surface area contributed by atoms with Gasteiger partial charge in [-0.1, -0.05) is 17.8 Å². The number of rotatable bonds is 3. The lowest BCUT2D eigenvalue weighted by molar-refractivity contribution is 0.304.